The van der Waals surface area contributed by atoms with E-state index in [1.165, 1.54) is 0 Å². The fraction of sp³-hybridized carbons (Fsp3) is 0.125. The van der Waals surface area contributed by atoms with Crippen LogP contribution in [0.4, 0.5) is 5.69 Å². The molecule has 106 valence electrons. The van der Waals surface area contributed by atoms with Crippen molar-refractivity contribution >= 4 is 23.3 Å². The number of nitriles is 1. The van der Waals surface area contributed by atoms with Gasteiger partial charge in [0.2, 0.25) is 0 Å². The quantitative estimate of drug-likeness (QED) is 0.886. The Balaban J connectivity index is 2.17. The molecule has 0 spiro atoms. The molecule has 0 saturated heterocycles. The molecule has 2 N–H and O–H groups in total. The van der Waals surface area contributed by atoms with E-state index in [2.05, 4.69) is 5.32 Å². The highest BCUT2D eigenvalue weighted by Crippen LogP contribution is 2.22. The maximum atomic E-state index is 11.4. The van der Waals surface area contributed by atoms with Gasteiger partial charge in [0, 0.05) is 11.6 Å². The van der Waals surface area contributed by atoms with Gasteiger partial charge in [-0.2, -0.15) is 5.26 Å². The third kappa shape index (κ3) is 3.74. The van der Waals surface area contributed by atoms with Crippen molar-refractivity contribution < 1.29 is 9.90 Å². The van der Waals surface area contributed by atoms with E-state index in [9.17, 15) is 9.90 Å². The Morgan fingerprint density at radius 1 is 1.29 bits per heavy atom. The maximum absolute atomic E-state index is 11.4. The van der Waals surface area contributed by atoms with Gasteiger partial charge < -0.3 is 10.4 Å². The SMILES string of the molecule is N#Cc1cc(Cl)ccc1NCC(C(=O)O)c1ccccc1. The second-order valence-corrected chi connectivity index (χ2v) is 4.92. The summed E-state index contributed by atoms with van der Waals surface area (Å²) >= 11 is 5.83. The van der Waals surface area contributed by atoms with E-state index >= 15 is 0 Å². The van der Waals surface area contributed by atoms with Crippen LogP contribution in [0.5, 0.6) is 0 Å². The fourth-order valence-corrected chi connectivity index (χ4v) is 2.18. The Morgan fingerprint density at radius 3 is 2.62 bits per heavy atom. The molecule has 0 amide bonds. The Morgan fingerprint density at radius 2 is 2.00 bits per heavy atom. The summed E-state index contributed by atoms with van der Waals surface area (Å²) in [5.74, 6) is -1.60. The Labute approximate surface area is 127 Å². The van der Waals surface area contributed by atoms with E-state index in [0.717, 1.165) is 0 Å². The van der Waals surface area contributed by atoms with Crippen LogP contribution in [0.3, 0.4) is 0 Å². The molecule has 21 heavy (non-hydrogen) atoms. The van der Waals surface area contributed by atoms with Gasteiger partial charge in [0.1, 0.15) is 6.07 Å². The smallest absolute Gasteiger partial charge is 0.312 e. The van der Waals surface area contributed by atoms with E-state index in [1.54, 1.807) is 42.5 Å². The number of nitrogens with one attached hydrogen (secondary N) is 1. The minimum absolute atomic E-state index is 0.190. The van der Waals surface area contributed by atoms with E-state index in [4.69, 9.17) is 16.9 Å². The lowest BCUT2D eigenvalue weighted by atomic mass is 9.99. The first-order chi connectivity index (χ1) is 10.1. The number of carboxylic acids is 1. The molecule has 0 aromatic heterocycles. The van der Waals surface area contributed by atoms with Crippen LogP contribution in [0.25, 0.3) is 0 Å². The van der Waals surface area contributed by atoms with Crippen LogP contribution < -0.4 is 5.32 Å². The molecule has 1 atom stereocenters. The average molecular weight is 301 g/mol. The highest BCUT2D eigenvalue weighted by Gasteiger charge is 2.19. The van der Waals surface area contributed by atoms with Gasteiger partial charge in [-0.15, -0.1) is 0 Å². The summed E-state index contributed by atoms with van der Waals surface area (Å²) in [6.07, 6.45) is 0. The normalized spacial score (nSPS) is 11.4. The second-order valence-electron chi connectivity index (χ2n) is 4.48. The lowest BCUT2D eigenvalue weighted by Crippen LogP contribution is -2.21. The molecule has 4 nitrogen and oxygen atoms in total. The number of benzene rings is 2. The number of halogens is 1. The first-order valence-corrected chi connectivity index (χ1v) is 6.71. The highest BCUT2D eigenvalue weighted by molar-refractivity contribution is 6.30. The van der Waals surface area contributed by atoms with Crippen molar-refractivity contribution in [1.29, 1.82) is 5.26 Å². The fourth-order valence-electron chi connectivity index (χ4n) is 2.01. The zero-order valence-corrected chi connectivity index (χ0v) is 11.8. The molecular weight excluding hydrogens is 288 g/mol. The number of aliphatic carboxylic acids is 1. The number of nitrogens with zero attached hydrogens (tertiary/aromatic N) is 1. The van der Waals surface area contributed by atoms with E-state index in [1.807, 2.05) is 12.1 Å². The van der Waals surface area contributed by atoms with Crippen molar-refractivity contribution in [3.05, 3.63) is 64.7 Å². The van der Waals surface area contributed by atoms with Gasteiger partial charge in [-0.1, -0.05) is 41.9 Å². The van der Waals surface area contributed by atoms with Crippen LogP contribution in [0.15, 0.2) is 48.5 Å². The number of rotatable bonds is 5. The molecule has 2 aromatic carbocycles. The minimum atomic E-state index is -0.916. The standard InChI is InChI=1S/C16H13ClN2O2/c17-13-6-7-15(12(8-13)9-18)19-10-14(16(20)21)11-4-2-1-3-5-11/h1-8,14,19H,10H2,(H,20,21). The summed E-state index contributed by atoms with van der Waals surface area (Å²) in [6, 6.07) is 15.9. The van der Waals surface area contributed by atoms with Crippen molar-refractivity contribution in [2.75, 3.05) is 11.9 Å². The lowest BCUT2D eigenvalue weighted by Gasteiger charge is -2.15. The third-order valence-electron chi connectivity index (χ3n) is 3.10. The van der Waals surface area contributed by atoms with Crippen LogP contribution in [-0.4, -0.2) is 17.6 Å². The molecule has 0 aliphatic carbocycles. The van der Waals surface area contributed by atoms with E-state index in [-0.39, 0.29) is 6.54 Å². The first-order valence-electron chi connectivity index (χ1n) is 6.33. The van der Waals surface area contributed by atoms with Crippen LogP contribution >= 0.6 is 11.6 Å². The lowest BCUT2D eigenvalue weighted by molar-refractivity contribution is -0.138. The summed E-state index contributed by atoms with van der Waals surface area (Å²) < 4.78 is 0. The maximum Gasteiger partial charge on any atom is 0.312 e. The molecular formula is C16H13ClN2O2. The van der Waals surface area contributed by atoms with Gasteiger partial charge in [0.25, 0.3) is 0 Å². The largest absolute Gasteiger partial charge is 0.481 e. The second kappa shape index (κ2) is 6.78. The van der Waals surface area contributed by atoms with Crippen molar-refractivity contribution in [1.82, 2.24) is 0 Å². The molecule has 1 unspecified atom stereocenters. The number of carbonyl (C=O) groups is 1. The topological polar surface area (TPSA) is 73.1 Å². The zero-order chi connectivity index (χ0) is 15.2. The first kappa shape index (κ1) is 14.9. The van der Waals surface area contributed by atoms with Gasteiger partial charge in [-0.25, -0.2) is 0 Å². The van der Waals surface area contributed by atoms with Gasteiger partial charge in [0.05, 0.1) is 17.2 Å². The molecule has 5 heteroatoms. The van der Waals surface area contributed by atoms with E-state index in [0.29, 0.717) is 21.8 Å². The molecule has 0 aliphatic heterocycles. The summed E-state index contributed by atoms with van der Waals surface area (Å²) in [7, 11) is 0. The van der Waals surface area contributed by atoms with Gasteiger partial charge in [-0.05, 0) is 23.8 Å². The van der Waals surface area contributed by atoms with Crippen molar-refractivity contribution in [3.63, 3.8) is 0 Å². The molecule has 0 radical (unpaired) electrons. The minimum Gasteiger partial charge on any atom is -0.481 e. The molecule has 2 aromatic rings. The predicted molar refractivity (Wildman–Crippen MR) is 81.5 cm³/mol. The number of hydrogen-bond donors (Lipinski definition) is 2. The molecule has 2 rings (SSSR count). The predicted octanol–water partition coefficient (Wildman–Crippen LogP) is 3.49. The van der Waals surface area contributed by atoms with Gasteiger partial charge in [-0.3, -0.25) is 4.79 Å². The van der Waals surface area contributed by atoms with Crippen molar-refractivity contribution in [3.8, 4) is 6.07 Å². The molecule has 0 aliphatic rings. The van der Waals surface area contributed by atoms with Crippen LogP contribution in [0.1, 0.15) is 17.0 Å². The third-order valence-corrected chi connectivity index (χ3v) is 3.33. The summed E-state index contributed by atoms with van der Waals surface area (Å²) in [5, 5.41) is 21.9. The molecule has 0 fully saturated rings. The average Bonchev–Trinajstić information content (AvgIpc) is 2.49. The number of anilines is 1. The Hall–Kier alpha value is -2.51. The number of hydrogen-bond acceptors (Lipinski definition) is 3. The summed E-state index contributed by atoms with van der Waals surface area (Å²) in [6.45, 7) is 0.190. The number of carboxylic acid groups (broad SMARTS) is 1. The van der Waals surface area contributed by atoms with Crippen LogP contribution in [0.2, 0.25) is 5.02 Å². The van der Waals surface area contributed by atoms with Crippen LogP contribution in [-0.2, 0) is 4.79 Å². The summed E-state index contributed by atoms with van der Waals surface area (Å²) in [5.41, 5.74) is 1.67. The summed E-state index contributed by atoms with van der Waals surface area (Å²) in [4.78, 5) is 11.4. The molecule has 0 heterocycles. The highest BCUT2D eigenvalue weighted by atomic mass is 35.5. The Kier molecular flexibility index (Phi) is 4.81. The van der Waals surface area contributed by atoms with Crippen LogP contribution in [0, 0.1) is 11.3 Å². The Bertz CT molecular complexity index is 680. The van der Waals surface area contributed by atoms with E-state index < -0.39 is 11.9 Å². The molecule has 0 saturated carbocycles. The monoisotopic (exact) mass is 300 g/mol. The van der Waals surface area contributed by atoms with Crippen molar-refractivity contribution in [2.45, 2.75) is 5.92 Å². The van der Waals surface area contributed by atoms with Gasteiger partial charge in [0.15, 0.2) is 0 Å². The molecule has 0 bridgehead atoms. The van der Waals surface area contributed by atoms with Gasteiger partial charge >= 0.3 is 5.97 Å². The zero-order valence-electron chi connectivity index (χ0n) is 11.1. The van der Waals surface area contributed by atoms with Crippen molar-refractivity contribution in [2.24, 2.45) is 0 Å².